The largest absolute Gasteiger partial charge is 0.488 e. The number of para-hydroxylation sites is 1. The zero-order chi connectivity index (χ0) is 17.5. The highest BCUT2D eigenvalue weighted by Crippen LogP contribution is 2.25. The Morgan fingerprint density at radius 1 is 1.25 bits per heavy atom. The highest BCUT2D eigenvalue weighted by molar-refractivity contribution is 6.29. The minimum Gasteiger partial charge on any atom is -0.488 e. The molecule has 4 atom stereocenters. The van der Waals surface area contributed by atoms with E-state index >= 15 is 0 Å². The van der Waals surface area contributed by atoms with Crippen molar-refractivity contribution in [3.8, 4) is 5.75 Å². The molecule has 134 valence electrons. The number of alkyl halides is 1. The molecule has 1 heterocycles. The van der Waals surface area contributed by atoms with Crippen molar-refractivity contribution in [2.24, 2.45) is 5.92 Å². The molecule has 0 saturated carbocycles. The molecule has 0 amide bonds. The van der Waals surface area contributed by atoms with Crippen LogP contribution in [0.1, 0.15) is 40.0 Å². The SMILES string of the molecule is CC(C)CO[C@H]1[C@H](C)OC(=O)[C@@H](Cl)CCC[C@@H]1Oc1ccccc1. The van der Waals surface area contributed by atoms with Gasteiger partial charge in [0.15, 0.2) is 0 Å². The Bertz CT molecular complexity index is 505. The number of esters is 1. The van der Waals surface area contributed by atoms with E-state index in [-0.39, 0.29) is 18.2 Å². The van der Waals surface area contributed by atoms with Crippen LogP contribution >= 0.6 is 11.6 Å². The zero-order valence-corrected chi connectivity index (χ0v) is 15.4. The maximum Gasteiger partial charge on any atom is 0.324 e. The average Bonchev–Trinajstić information content (AvgIpc) is 2.58. The molecule has 2 rings (SSSR count). The molecule has 0 N–H and O–H groups in total. The molecule has 0 unspecified atom stereocenters. The fourth-order valence-corrected chi connectivity index (χ4v) is 2.96. The lowest BCUT2D eigenvalue weighted by molar-refractivity contribution is -0.161. The summed E-state index contributed by atoms with van der Waals surface area (Å²) in [6, 6.07) is 9.67. The summed E-state index contributed by atoms with van der Waals surface area (Å²) in [6.45, 7) is 6.62. The van der Waals surface area contributed by atoms with E-state index in [0.717, 1.165) is 18.6 Å². The molecule has 1 aromatic carbocycles. The number of rotatable bonds is 5. The van der Waals surface area contributed by atoms with Crippen LogP contribution < -0.4 is 4.74 Å². The van der Waals surface area contributed by atoms with Crippen molar-refractivity contribution in [1.82, 2.24) is 0 Å². The van der Waals surface area contributed by atoms with Gasteiger partial charge >= 0.3 is 5.97 Å². The van der Waals surface area contributed by atoms with Crippen LogP contribution in [-0.4, -0.2) is 36.3 Å². The van der Waals surface area contributed by atoms with Gasteiger partial charge in [0, 0.05) is 6.61 Å². The summed E-state index contributed by atoms with van der Waals surface area (Å²) in [4.78, 5) is 12.0. The topological polar surface area (TPSA) is 44.8 Å². The summed E-state index contributed by atoms with van der Waals surface area (Å²) < 4.78 is 17.8. The highest BCUT2D eigenvalue weighted by Gasteiger charge is 2.35. The Morgan fingerprint density at radius 2 is 1.96 bits per heavy atom. The van der Waals surface area contributed by atoms with Gasteiger partial charge in [0.05, 0.1) is 0 Å². The first-order valence-electron chi connectivity index (χ1n) is 8.65. The smallest absolute Gasteiger partial charge is 0.324 e. The fraction of sp³-hybridized carbons (Fsp3) is 0.632. The number of halogens is 1. The number of carbonyl (C=O) groups is 1. The molecular formula is C19H27ClO4. The van der Waals surface area contributed by atoms with E-state index in [9.17, 15) is 4.79 Å². The monoisotopic (exact) mass is 354 g/mol. The quantitative estimate of drug-likeness (QED) is 0.587. The third-order valence-corrected chi connectivity index (χ3v) is 4.38. The fourth-order valence-electron chi connectivity index (χ4n) is 2.75. The van der Waals surface area contributed by atoms with E-state index in [1.165, 1.54) is 0 Å². The van der Waals surface area contributed by atoms with E-state index in [1.54, 1.807) is 0 Å². The summed E-state index contributed by atoms with van der Waals surface area (Å²) >= 11 is 6.11. The number of benzene rings is 1. The minimum absolute atomic E-state index is 0.184. The van der Waals surface area contributed by atoms with Gasteiger partial charge in [-0.25, -0.2) is 0 Å². The standard InChI is InChI=1S/C19H27ClO4/c1-13(2)12-22-18-14(3)23-19(21)16(20)10-7-11-17(18)24-15-8-5-4-6-9-15/h4-6,8-9,13-14,16-18H,7,10-12H2,1-3H3/t14-,16-,17-,18-/m0/s1. The van der Waals surface area contributed by atoms with E-state index < -0.39 is 11.5 Å². The van der Waals surface area contributed by atoms with Gasteiger partial charge in [-0.2, -0.15) is 0 Å². The number of ether oxygens (including phenoxy) is 3. The second-order valence-electron chi connectivity index (χ2n) is 6.70. The minimum atomic E-state index is -0.603. The predicted molar refractivity (Wildman–Crippen MR) is 94.5 cm³/mol. The summed E-state index contributed by atoms with van der Waals surface area (Å²) in [5.74, 6) is 0.808. The van der Waals surface area contributed by atoms with Gasteiger partial charge in [-0.1, -0.05) is 32.0 Å². The van der Waals surface area contributed by atoms with Crippen LogP contribution in [0.25, 0.3) is 0 Å². The maximum atomic E-state index is 12.0. The van der Waals surface area contributed by atoms with Crippen molar-refractivity contribution in [2.45, 2.75) is 63.7 Å². The van der Waals surface area contributed by atoms with Crippen LogP contribution in [0.5, 0.6) is 5.75 Å². The van der Waals surface area contributed by atoms with Crippen molar-refractivity contribution in [2.75, 3.05) is 6.61 Å². The molecule has 0 aromatic heterocycles. The van der Waals surface area contributed by atoms with Gasteiger partial charge < -0.3 is 14.2 Å². The van der Waals surface area contributed by atoms with Crippen LogP contribution in [0, 0.1) is 5.92 Å². The normalized spacial score (nSPS) is 28.6. The van der Waals surface area contributed by atoms with Crippen LogP contribution in [0.2, 0.25) is 0 Å². The van der Waals surface area contributed by atoms with E-state index in [2.05, 4.69) is 13.8 Å². The zero-order valence-electron chi connectivity index (χ0n) is 14.6. The summed E-state index contributed by atoms with van der Waals surface area (Å²) in [5, 5.41) is -0.603. The molecule has 1 saturated heterocycles. The summed E-state index contributed by atoms with van der Waals surface area (Å²) in [7, 11) is 0. The highest BCUT2D eigenvalue weighted by atomic mass is 35.5. The summed E-state index contributed by atoms with van der Waals surface area (Å²) in [6.07, 6.45) is 1.22. The predicted octanol–water partition coefficient (Wildman–Crippen LogP) is 4.20. The Morgan fingerprint density at radius 3 is 2.62 bits per heavy atom. The first kappa shape index (κ1) is 19.1. The molecule has 4 nitrogen and oxygen atoms in total. The molecule has 0 bridgehead atoms. The molecule has 0 radical (unpaired) electrons. The molecule has 24 heavy (non-hydrogen) atoms. The molecule has 1 fully saturated rings. The second kappa shape index (κ2) is 9.28. The molecule has 1 aromatic rings. The van der Waals surface area contributed by atoms with Gasteiger partial charge in [-0.15, -0.1) is 11.6 Å². The first-order valence-corrected chi connectivity index (χ1v) is 9.09. The van der Waals surface area contributed by atoms with Crippen molar-refractivity contribution in [3.63, 3.8) is 0 Å². The van der Waals surface area contributed by atoms with Crippen molar-refractivity contribution in [1.29, 1.82) is 0 Å². The number of carbonyl (C=O) groups excluding carboxylic acids is 1. The van der Waals surface area contributed by atoms with Crippen LogP contribution in [0.3, 0.4) is 0 Å². The molecule has 1 aliphatic rings. The Kier molecular flexibility index (Phi) is 7.38. The lowest BCUT2D eigenvalue weighted by Crippen LogP contribution is -2.44. The van der Waals surface area contributed by atoms with Gasteiger partial charge in [0.25, 0.3) is 0 Å². The number of hydrogen-bond donors (Lipinski definition) is 0. The van der Waals surface area contributed by atoms with Crippen LogP contribution in [0.4, 0.5) is 0 Å². The average molecular weight is 355 g/mol. The second-order valence-corrected chi connectivity index (χ2v) is 7.23. The number of hydrogen-bond acceptors (Lipinski definition) is 4. The third-order valence-electron chi connectivity index (χ3n) is 3.99. The Labute approximate surface area is 149 Å². The first-order chi connectivity index (χ1) is 11.5. The lowest BCUT2D eigenvalue weighted by atomic mass is 10.0. The third kappa shape index (κ3) is 5.67. The van der Waals surface area contributed by atoms with Crippen molar-refractivity contribution >= 4 is 17.6 Å². The van der Waals surface area contributed by atoms with E-state index in [0.29, 0.717) is 18.9 Å². The Balaban J connectivity index is 2.17. The maximum absolute atomic E-state index is 12.0. The van der Waals surface area contributed by atoms with Gasteiger partial charge in [-0.3, -0.25) is 4.79 Å². The molecular weight excluding hydrogens is 328 g/mol. The Hall–Kier alpha value is -1.26. The number of cyclic esters (lactones) is 1. The van der Waals surface area contributed by atoms with Gasteiger partial charge in [-0.05, 0) is 44.2 Å². The van der Waals surface area contributed by atoms with E-state index in [1.807, 2.05) is 37.3 Å². The van der Waals surface area contributed by atoms with Gasteiger partial charge in [0.1, 0.15) is 29.4 Å². The van der Waals surface area contributed by atoms with Crippen molar-refractivity contribution in [3.05, 3.63) is 30.3 Å². The van der Waals surface area contributed by atoms with Crippen molar-refractivity contribution < 1.29 is 19.0 Å². The van der Waals surface area contributed by atoms with Gasteiger partial charge in [0.2, 0.25) is 0 Å². The van der Waals surface area contributed by atoms with Crippen LogP contribution in [0.15, 0.2) is 30.3 Å². The molecule has 0 spiro atoms. The van der Waals surface area contributed by atoms with E-state index in [4.69, 9.17) is 25.8 Å². The molecule has 5 heteroatoms. The molecule has 0 aliphatic carbocycles. The summed E-state index contributed by atoms with van der Waals surface area (Å²) in [5.41, 5.74) is 0. The van der Waals surface area contributed by atoms with Crippen LogP contribution in [-0.2, 0) is 14.3 Å². The molecule has 1 aliphatic heterocycles. The lowest BCUT2D eigenvalue weighted by Gasteiger charge is -2.31.